The Hall–Kier alpha value is -3.56. The number of benzene rings is 2. The first kappa shape index (κ1) is 30.4. The maximum atomic E-state index is 13.8. The second-order valence-electron chi connectivity index (χ2n) is 11.4. The Morgan fingerprint density at radius 3 is 2.27 bits per heavy atom. The van der Waals surface area contributed by atoms with Gasteiger partial charge in [-0.3, -0.25) is 24.1 Å². The van der Waals surface area contributed by atoms with E-state index in [9.17, 15) is 19.2 Å². The summed E-state index contributed by atoms with van der Waals surface area (Å²) in [5, 5.41) is 5.80. The van der Waals surface area contributed by atoms with Crippen LogP contribution >= 0.6 is 0 Å². The number of ketones is 2. The van der Waals surface area contributed by atoms with Gasteiger partial charge in [-0.25, -0.2) is 0 Å². The normalized spacial score (nSPS) is 22.3. The molecule has 2 aromatic rings. The first-order chi connectivity index (χ1) is 19.6. The summed E-state index contributed by atoms with van der Waals surface area (Å²) in [6.45, 7) is 4.54. The molecule has 2 aliphatic rings. The molecular formula is C32H41N3O6. The molecule has 9 nitrogen and oxygen atoms in total. The Morgan fingerprint density at radius 1 is 1.02 bits per heavy atom. The molecule has 0 aromatic heterocycles. The summed E-state index contributed by atoms with van der Waals surface area (Å²) >= 11 is 0. The smallest absolute Gasteiger partial charge is 0.237 e. The summed E-state index contributed by atoms with van der Waals surface area (Å²) in [6.07, 6.45) is 2.21. The van der Waals surface area contributed by atoms with Gasteiger partial charge in [-0.2, -0.15) is 0 Å². The largest absolute Gasteiger partial charge is 0.497 e. The number of rotatable bonds is 14. The standard InChI is InChI=1S/C32H41N3O6/c1-21(33-31(39)27-11-8-16-35(27)3)28(36)19-24(17-23-12-14-25(40-4)15-13-23)30(38)34-26(29(37)32(2)20-41-32)18-22-9-6-5-7-10-22/h5-7,9-10,12-15,21,24,26-27H,8,11,16-20H2,1-4H3,(H,33,39)(H,34,38). The molecule has 0 bridgehead atoms. The molecule has 2 N–H and O–H groups in total. The Balaban J connectivity index is 1.50. The number of methoxy groups -OCH3 is 1. The molecule has 2 aromatic carbocycles. The van der Waals surface area contributed by atoms with Gasteiger partial charge in [0.05, 0.1) is 31.8 Å². The second-order valence-corrected chi connectivity index (χ2v) is 11.4. The van der Waals surface area contributed by atoms with Crippen LogP contribution in [0.4, 0.5) is 0 Å². The summed E-state index contributed by atoms with van der Waals surface area (Å²) in [5.41, 5.74) is 0.845. The quantitative estimate of drug-likeness (QED) is 0.339. The summed E-state index contributed by atoms with van der Waals surface area (Å²) in [7, 11) is 3.48. The fourth-order valence-corrected chi connectivity index (χ4v) is 5.32. The van der Waals surface area contributed by atoms with E-state index in [-0.39, 0.29) is 42.3 Å². The molecule has 9 heteroatoms. The van der Waals surface area contributed by atoms with Crippen molar-refractivity contribution in [2.24, 2.45) is 5.92 Å². The van der Waals surface area contributed by atoms with Crippen LogP contribution in [0.25, 0.3) is 0 Å². The monoisotopic (exact) mass is 563 g/mol. The maximum Gasteiger partial charge on any atom is 0.237 e. The lowest BCUT2D eigenvalue weighted by atomic mass is 9.89. The molecule has 220 valence electrons. The molecule has 0 saturated carbocycles. The van der Waals surface area contributed by atoms with Gasteiger partial charge in [0.1, 0.15) is 11.4 Å². The number of amides is 2. The predicted molar refractivity (Wildman–Crippen MR) is 155 cm³/mol. The zero-order chi connectivity index (χ0) is 29.6. The Labute approximate surface area is 242 Å². The number of carbonyl (C=O) groups excluding carboxylic acids is 4. The summed E-state index contributed by atoms with van der Waals surface area (Å²) < 4.78 is 10.7. The van der Waals surface area contributed by atoms with E-state index in [1.807, 2.05) is 54.4 Å². The minimum absolute atomic E-state index is 0.0835. The molecule has 2 heterocycles. The molecule has 2 amide bonds. The number of epoxide rings is 1. The third-order valence-electron chi connectivity index (χ3n) is 8.14. The fourth-order valence-electron chi connectivity index (χ4n) is 5.32. The van der Waals surface area contributed by atoms with Crippen molar-refractivity contribution in [3.63, 3.8) is 0 Å². The third kappa shape index (κ3) is 8.01. The van der Waals surface area contributed by atoms with Crippen molar-refractivity contribution >= 4 is 23.4 Å². The van der Waals surface area contributed by atoms with E-state index in [1.165, 1.54) is 0 Å². The molecule has 2 aliphatic heterocycles. The highest BCUT2D eigenvalue weighted by atomic mass is 16.6. The topological polar surface area (TPSA) is 117 Å². The van der Waals surface area contributed by atoms with Crippen molar-refractivity contribution < 1.29 is 28.7 Å². The van der Waals surface area contributed by atoms with E-state index < -0.39 is 23.6 Å². The van der Waals surface area contributed by atoms with Crippen LogP contribution < -0.4 is 15.4 Å². The molecule has 5 unspecified atom stereocenters. The maximum absolute atomic E-state index is 13.8. The van der Waals surface area contributed by atoms with Crippen molar-refractivity contribution in [1.29, 1.82) is 0 Å². The van der Waals surface area contributed by atoms with Gasteiger partial charge in [0.15, 0.2) is 11.6 Å². The van der Waals surface area contributed by atoms with Crippen LogP contribution in [0.5, 0.6) is 5.75 Å². The lowest BCUT2D eigenvalue weighted by molar-refractivity contribution is -0.134. The van der Waals surface area contributed by atoms with Crippen LogP contribution in [-0.4, -0.2) is 79.3 Å². The van der Waals surface area contributed by atoms with Crippen LogP contribution in [0, 0.1) is 5.92 Å². The fraction of sp³-hybridized carbons (Fsp3) is 0.500. The lowest BCUT2D eigenvalue weighted by Gasteiger charge is -2.25. The van der Waals surface area contributed by atoms with E-state index in [0.717, 1.165) is 30.5 Å². The van der Waals surface area contributed by atoms with E-state index in [4.69, 9.17) is 9.47 Å². The average molecular weight is 564 g/mol. The first-order valence-corrected chi connectivity index (χ1v) is 14.3. The van der Waals surface area contributed by atoms with Gasteiger partial charge in [-0.05, 0) is 76.4 Å². The number of ether oxygens (including phenoxy) is 2. The molecule has 4 rings (SSSR count). The van der Waals surface area contributed by atoms with Crippen LogP contribution in [-0.2, 0) is 36.8 Å². The van der Waals surface area contributed by atoms with Gasteiger partial charge >= 0.3 is 0 Å². The van der Waals surface area contributed by atoms with Gasteiger partial charge in [0.25, 0.3) is 0 Å². The number of hydrogen-bond donors (Lipinski definition) is 2. The van der Waals surface area contributed by atoms with Crippen molar-refractivity contribution in [2.75, 3.05) is 27.3 Å². The third-order valence-corrected chi connectivity index (χ3v) is 8.14. The van der Waals surface area contributed by atoms with Crippen LogP contribution in [0.3, 0.4) is 0 Å². The molecule has 2 fully saturated rings. The van der Waals surface area contributed by atoms with Gasteiger partial charge in [0.2, 0.25) is 11.8 Å². The summed E-state index contributed by atoms with van der Waals surface area (Å²) in [5.74, 6) is -1.05. The number of carbonyl (C=O) groups is 4. The summed E-state index contributed by atoms with van der Waals surface area (Å²) in [6, 6.07) is 15.0. The van der Waals surface area contributed by atoms with Crippen LogP contribution in [0.1, 0.15) is 44.2 Å². The zero-order valence-corrected chi connectivity index (χ0v) is 24.4. The minimum atomic E-state index is -0.916. The number of likely N-dealkylation sites (N-methyl/N-ethyl adjacent to an activating group) is 1. The van der Waals surface area contributed by atoms with Crippen LogP contribution in [0.15, 0.2) is 54.6 Å². The highest BCUT2D eigenvalue weighted by molar-refractivity contribution is 5.98. The molecule has 0 spiro atoms. The number of hydrogen-bond acceptors (Lipinski definition) is 7. The molecule has 0 aliphatic carbocycles. The SMILES string of the molecule is COc1ccc(CC(CC(=O)C(C)NC(=O)C2CCCN2C)C(=O)NC(Cc2ccccc2)C(=O)C2(C)CO2)cc1. The Bertz CT molecular complexity index is 1230. The highest BCUT2D eigenvalue weighted by Gasteiger charge is 2.50. The predicted octanol–water partition coefficient (Wildman–Crippen LogP) is 2.50. The van der Waals surface area contributed by atoms with E-state index in [2.05, 4.69) is 10.6 Å². The van der Waals surface area contributed by atoms with E-state index in [1.54, 1.807) is 33.1 Å². The molecular weight excluding hydrogens is 522 g/mol. The molecule has 0 radical (unpaired) electrons. The van der Waals surface area contributed by atoms with Gasteiger partial charge < -0.3 is 20.1 Å². The van der Waals surface area contributed by atoms with Crippen molar-refractivity contribution in [3.05, 3.63) is 65.7 Å². The first-order valence-electron chi connectivity index (χ1n) is 14.3. The average Bonchev–Trinajstić information content (AvgIpc) is 3.58. The second kappa shape index (κ2) is 13.4. The lowest BCUT2D eigenvalue weighted by Crippen LogP contribution is -2.50. The van der Waals surface area contributed by atoms with E-state index in [0.29, 0.717) is 18.8 Å². The van der Waals surface area contributed by atoms with Crippen molar-refractivity contribution in [3.8, 4) is 5.75 Å². The summed E-state index contributed by atoms with van der Waals surface area (Å²) in [4.78, 5) is 55.3. The highest BCUT2D eigenvalue weighted by Crippen LogP contribution is 2.29. The minimum Gasteiger partial charge on any atom is -0.497 e. The van der Waals surface area contributed by atoms with Gasteiger partial charge in [-0.15, -0.1) is 0 Å². The van der Waals surface area contributed by atoms with E-state index >= 15 is 0 Å². The number of nitrogens with one attached hydrogen (secondary N) is 2. The van der Waals surface area contributed by atoms with Crippen LogP contribution in [0.2, 0.25) is 0 Å². The Kier molecular flexibility index (Phi) is 9.94. The van der Waals surface area contributed by atoms with Gasteiger partial charge in [0, 0.05) is 12.3 Å². The molecule has 5 atom stereocenters. The number of nitrogens with zero attached hydrogens (tertiary/aromatic N) is 1. The number of likely N-dealkylation sites (tertiary alicyclic amines) is 1. The van der Waals surface area contributed by atoms with Crippen molar-refractivity contribution in [2.45, 2.75) is 69.7 Å². The zero-order valence-electron chi connectivity index (χ0n) is 24.4. The Morgan fingerprint density at radius 2 is 1.68 bits per heavy atom. The molecule has 2 saturated heterocycles. The van der Waals surface area contributed by atoms with Crippen molar-refractivity contribution in [1.82, 2.24) is 15.5 Å². The van der Waals surface area contributed by atoms with Gasteiger partial charge in [-0.1, -0.05) is 42.5 Å². The molecule has 41 heavy (non-hydrogen) atoms. The number of Topliss-reactive ketones (excluding diaryl/α,β-unsaturated/α-hetero) is 2.